The van der Waals surface area contributed by atoms with Crippen LogP contribution in [-0.4, -0.2) is 25.8 Å². The van der Waals surface area contributed by atoms with Gasteiger partial charge in [0.05, 0.1) is 21.9 Å². The molecule has 0 unspecified atom stereocenters. The summed E-state index contributed by atoms with van der Waals surface area (Å²) in [6, 6.07) is 3.65. The van der Waals surface area contributed by atoms with Gasteiger partial charge in [-0.15, -0.1) is 0 Å². The van der Waals surface area contributed by atoms with E-state index >= 15 is 0 Å². The van der Waals surface area contributed by atoms with Crippen molar-refractivity contribution in [3.8, 4) is 5.69 Å². The van der Waals surface area contributed by atoms with E-state index in [1.807, 2.05) is 20.8 Å². The third-order valence-electron chi connectivity index (χ3n) is 3.45. The number of nitro groups is 1. The first-order valence-electron chi connectivity index (χ1n) is 6.44. The number of hydrogen-bond donors (Lipinski definition) is 1. The molecule has 7 nitrogen and oxygen atoms in total. The average molecular weight is 289 g/mol. The second-order valence-corrected chi connectivity index (χ2v) is 4.68. The molecule has 0 aliphatic rings. The minimum absolute atomic E-state index is 0.0196. The summed E-state index contributed by atoms with van der Waals surface area (Å²) in [4.78, 5) is 21.7. The number of hydrogen-bond acceptors (Lipinski definition) is 4. The first-order chi connectivity index (χ1) is 9.86. The Hall–Kier alpha value is -2.70. The highest BCUT2D eigenvalue weighted by molar-refractivity contribution is 5.92. The molecule has 0 amide bonds. The first-order valence-corrected chi connectivity index (χ1v) is 6.44. The van der Waals surface area contributed by atoms with Crippen molar-refractivity contribution < 1.29 is 14.8 Å². The van der Waals surface area contributed by atoms with E-state index in [4.69, 9.17) is 0 Å². The van der Waals surface area contributed by atoms with Gasteiger partial charge in [-0.3, -0.25) is 10.1 Å². The second kappa shape index (κ2) is 5.35. The van der Waals surface area contributed by atoms with Crippen molar-refractivity contribution in [1.82, 2.24) is 9.78 Å². The molecular formula is C14H15N3O4. The highest BCUT2D eigenvalue weighted by atomic mass is 16.6. The molecule has 2 rings (SSSR count). The smallest absolute Gasteiger partial charge is 0.337 e. The SMILES string of the molecule is CCc1c(C)nn(-c2cc([N+](=O)[O-])ccc2C(=O)O)c1C. The van der Waals surface area contributed by atoms with Gasteiger partial charge in [-0.05, 0) is 31.9 Å². The summed E-state index contributed by atoms with van der Waals surface area (Å²) in [6.07, 6.45) is 0.759. The topological polar surface area (TPSA) is 98.3 Å². The molecule has 2 aromatic rings. The van der Waals surface area contributed by atoms with E-state index in [0.717, 1.165) is 23.4 Å². The summed E-state index contributed by atoms with van der Waals surface area (Å²) in [7, 11) is 0. The maximum atomic E-state index is 11.3. The van der Waals surface area contributed by atoms with Crippen LogP contribution < -0.4 is 0 Å². The molecule has 0 bridgehead atoms. The fraction of sp³-hybridized carbons (Fsp3) is 0.286. The maximum absolute atomic E-state index is 11.3. The number of carboxylic acids is 1. The number of benzene rings is 1. The molecule has 0 atom stereocenters. The Labute approximate surface area is 121 Å². The van der Waals surface area contributed by atoms with Crippen LogP contribution in [0.1, 0.15) is 34.2 Å². The Morgan fingerprint density at radius 3 is 2.57 bits per heavy atom. The van der Waals surface area contributed by atoms with Gasteiger partial charge < -0.3 is 5.11 Å². The largest absolute Gasteiger partial charge is 0.478 e. The molecule has 0 aliphatic heterocycles. The van der Waals surface area contributed by atoms with Crippen LogP contribution in [0.15, 0.2) is 18.2 Å². The fourth-order valence-corrected chi connectivity index (χ4v) is 2.41. The number of aryl methyl sites for hydroxylation is 1. The van der Waals surface area contributed by atoms with Crippen LogP contribution in [-0.2, 0) is 6.42 Å². The number of rotatable bonds is 4. The molecule has 1 aromatic heterocycles. The molecule has 7 heteroatoms. The van der Waals surface area contributed by atoms with E-state index < -0.39 is 10.9 Å². The van der Waals surface area contributed by atoms with Gasteiger partial charge in [0.15, 0.2) is 0 Å². The summed E-state index contributed by atoms with van der Waals surface area (Å²) < 4.78 is 1.46. The van der Waals surface area contributed by atoms with Crippen molar-refractivity contribution >= 4 is 11.7 Å². The summed E-state index contributed by atoms with van der Waals surface area (Å²) >= 11 is 0. The van der Waals surface area contributed by atoms with E-state index in [1.165, 1.54) is 22.9 Å². The van der Waals surface area contributed by atoms with Gasteiger partial charge in [-0.1, -0.05) is 6.92 Å². The number of non-ortho nitro benzene ring substituents is 1. The van der Waals surface area contributed by atoms with Crippen LogP contribution in [0.3, 0.4) is 0 Å². The third kappa shape index (κ3) is 2.49. The predicted octanol–water partition coefficient (Wildman–Crippen LogP) is 2.66. The maximum Gasteiger partial charge on any atom is 0.337 e. The zero-order chi connectivity index (χ0) is 15.7. The Morgan fingerprint density at radius 1 is 1.43 bits per heavy atom. The molecular weight excluding hydrogens is 274 g/mol. The highest BCUT2D eigenvalue weighted by Gasteiger charge is 2.20. The minimum atomic E-state index is -1.15. The van der Waals surface area contributed by atoms with Crippen molar-refractivity contribution in [3.05, 3.63) is 50.8 Å². The summed E-state index contributed by atoms with van der Waals surface area (Å²) in [5, 5.41) is 24.5. The number of carboxylic acid groups (broad SMARTS) is 1. The molecule has 0 radical (unpaired) electrons. The van der Waals surface area contributed by atoms with E-state index in [2.05, 4.69) is 5.10 Å². The molecule has 0 saturated carbocycles. The Balaban J connectivity index is 2.74. The fourth-order valence-electron chi connectivity index (χ4n) is 2.41. The van der Waals surface area contributed by atoms with E-state index in [-0.39, 0.29) is 16.9 Å². The summed E-state index contributed by atoms with van der Waals surface area (Å²) in [6.45, 7) is 5.64. The zero-order valence-electron chi connectivity index (χ0n) is 12.0. The van der Waals surface area contributed by atoms with Crippen molar-refractivity contribution in [2.75, 3.05) is 0 Å². The first kappa shape index (κ1) is 14.7. The molecule has 21 heavy (non-hydrogen) atoms. The number of carbonyl (C=O) groups is 1. The van der Waals surface area contributed by atoms with Crippen LogP contribution in [0, 0.1) is 24.0 Å². The van der Waals surface area contributed by atoms with Crippen molar-refractivity contribution in [1.29, 1.82) is 0 Å². The van der Waals surface area contributed by atoms with Crippen LogP contribution in [0.25, 0.3) is 5.69 Å². The zero-order valence-corrected chi connectivity index (χ0v) is 12.0. The standard InChI is InChI=1S/C14H15N3O4/c1-4-11-8(2)15-16(9(11)3)13-7-10(17(20)21)5-6-12(13)14(18)19/h5-7H,4H2,1-3H3,(H,18,19). The summed E-state index contributed by atoms with van der Waals surface area (Å²) in [5.41, 5.74) is 2.61. The lowest BCUT2D eigenvalue weighted by Crippen LogP contribution is -2.09. The van der Waals surface area contributed by atoms with Gasteiger partial charge in [0.25, 0.3) is 5.69 Å². The Morgan fingerprint density at radius 2 is 2.10 bits per heavy atom. The van der Waals surface area contributed by atoms with E-state index in [9.17, 15) is 20.0 Å². The van der Waals surface area contributed by atoms with Crippen LogP contribution in [0.2, 0.25) is 0 Å². The van der Waals surface area contributed by atoms with Crippen molar-refractivity contribution in [2.45, 2.75) is 27.2 Å². The normalized spacial score (nSPS) is 10.6. The number of aromatic nitrogens is 2. The molecule has 110 valence electrons. The monoisotopic (exact) mass is 289 g/mol. The Kier molecular flexibility index (Phi) is 3.75. The summed E-state index contributed by atoms with van der Waals surface area (Å²) in [5.74, 6) is -1.15. The van der Waals surface area contributed by atoms with Gasteiger partial charge in [0.1, 0.15) is 0 Å². The lowest BCUT2D eigenvalue weighted by molar-refractivity contribution is -0.384. The Bertz CT molecular complexity index is 734. The molecule has 0 saturated heterocycles. The van der Waals surface area contributed by atoms with Gasteiger partial charge in [-0.25, -0.2) is 9.48 Å². The van der Waals surface area contributed by atoms with E-state index in [1.54, 1.807) is 0 Å². The quantitative estimate of drug-likeness (QED) is 0.689. The molecule has 1 N–H and O–H groups in total. The van der Waals surface area contributed by atoms with Gasteiger partial charge in [0.2, 0.25) is 0 Å². The van der Waals surface area contributed by atoms with Gasteiger partial charge >= 0.3 is 5.97 Å². The second-order valence-electron chi connectivity index (χ2n) is 4.68. The van der Waals surface area contributed by atoms with Gasteiger partial charge in [0, 0.05) is 17.8 Å². The van der Waals surface area contributed by atoms with E-state index in [0.29, 0.717) is 0 Å². The molecule has 1 aromatic carbocycles. The highest BCUT2D eigenvalue weighted by Crippen LogP contribution is 2.25. The van der Waals surface area contributed by atoms with Crippen LogP contribution in [0.4, 0.5) is 5.69 Å². The average Bonchev–Trinajstić information content (AvgIpc) is 2.72. The lowest BCUT2D eigenvalue weighted by Gasteiger charge is -2.08. The van der Waals surface area contributed by atoms with Crippen LogP contribution in [0.5, 0.6) is 0 Å². The molecule has 0 fully saturated rings. The van der Waals surface area contributed by atoms with Crippen molar-refractivity contribution in [2.24, 2.45) is 0 Å². The number of nitro benzene ring substituents is 1. The van der Waals surface area contributed by atoms with Crippen molar-refractivity contribution in [3.63, 3.8) is 0 Å². The minimum Gasteiger partial charge on any atom is -0.478 e. The molecule has 0 aliphatic carbocycles. The predicted molar refractivity (Wildman–Crippen MR) is 76.0 cm³/mol. The molecule has 1 heterocycles. The number of aromatic carboxylic acids is 1. The number of nitrogens with zero attached hydrogens (tertiary/aromatic N) is 3. The van der Waals surface area contributed by atoms with Crippen LogP contribution >= 0.6 is 0 Å². The molecule has 0 spiro atoms. The third-order valence-corrected chi connectivity index (χ3v) is 3.45. The van der Waals surface area contributed by atoms with Gasteiger partial charge in [-0.2, -0.15) is 5.10 Å². The lowest BCUT2D eigenvalue weighted by atomic mass is 10.1.